The minimum absolute atomic E-state index is 1.06. The van der Waals surface area contributed by atoms with Crippen molar-refractivity contribution < 1.29 is 0 Å². The first-order valence-electron chi connectivity index (χ1n) is 6.28. The highest BCUT2D eigenvalue weighted by Crippen LogP contribution is 2.28. The van der Waals surface area contributed by atoms with Crippen molar-refractivity contribution >= 4 is 33.5 Å². The summed E-state index contributed by atoms with van der Waals surface area (Å²) in [7, 11) is 0. The highest BCUT2D eigenvalue weighted by Gasteiger charge is 2.07. The van der Waals surface area contributed by atoms with E-state index in [0.29, 0.717) is 0 Å². The molecule has 0 bridgehead atoms. The Balaban J connectivity index is 2.25. The molecule has 0 unspecified atom stereocenters. The van der Waals surface area contributed by atoms with E-state index in [1.54, 1.807) is 0 Å². The maximum absolute atomic E-state index is 4.79. The predicted molar refractivity (Wildman–Crippen MR) is 89.4 cm³/mol. The van der Waals surface area contributed by atoms with Crippen LogP contribution in [-0.2, 0) is 0 Å². The van der Waals surface area contributed by atoms with Crippen LogP contribution in [0, 0.1) is 17.4 Å². The van der Waals surface area contributed by atoms with Crippen molar-refractivity contribution in [3.05, 3.63) is 63.2 Å². The fourth-order valence-electron chi connectivity index (χ4n) is 2.37. The van der Waals surface area contributed by atoms with Crippen LogP contribution in [0.4, 0.5) is 0 Å². The van der Waals surface area contributed by atoms with Gasteiger partial charge in [-0.3, -0.25) is 0 Å². The van der Waals surface area contributed by atoms with E-state index in [9.17, 15) is 0 Å². The molecule has 0 aliphatic heterocycles. The molecule has 0 fully saturated rings. The molecule has 0 N–H and O–H groups in total. The number of benzene rings is 2. The Bertz CT molecular complexity index is 762. The molecule has 0 amide bonds. The van der Waals surface area contributed by atoms with Crippen LogP contribution in [0.15, 0.2) is 48.5 Å². The van der Waals surface area contributed by atoms with E-state index in [-0.39, 0.29) is 0 Å². The standard InChI is InChI=1S/C17H14IN/c1-11-7-8-13(12(2)9-11)17-10-15(18)14-5-3-4-6-16(14)19-17/h3-10H,1-2H3. The summed E-state index contributed by atoms with van der Waals surface area (Å²) < 4.78 is 1.25. The van der Waals surface area contributed by atoms with Crippen LogP contribution in [0.2, 0.25) is 0 Å². The third kappa shape index (κ3) is 2.37. The van der Waals surface area contributed by atoms with Crippen molar-refractivity contribution in [3.63, 3.8) is 0 Å². The number of rotatable bonds is 1. The van der Waals surface area contributed by atoms with E-state index in [2.05, 4.69) is 78.9 Å². The molecule has 3 aromatic rings. The van der Waals surface area contributed by atoms with Gasteiger partial charge in [-0.15, -0.1) is 0 Å². The van der Waals surface area contributed by atoms with Gasteiger partial charge in [0.25, 0.3) is 0 Å². The minimum atomic E-state index is 1.06. The predicted octanol–water partition coefficient (Wildman–Crippen LogP) is 5.12. The lowest BCUT2D eigenvalue weighted by molar-refractivity contribution is 1.33. The first-order chi connectivity index (χ1) is 9.15. The van der Waals surface area contributed by atoms with Gasteiger partial charge in [-0.2, -0.15) is 0 Å². The van der Waals surface area contributed by atoms with Crippen LogP contribution in [-0.4, -0.2) is 4.98 Å². The average Bonchev–Trinajstić information content (AvgIpc) is 2.38. The first kappa shape index (κ1) is 12.6. The van der Waals surface area contributed by atoms with Gasteiger partial charge in [0.15, 0.2) is 0 Å². The SMILES string of the molecule is Cc1ccc(-c2cc(I)c3ccccc3n2)c(C)c1. The summed E-state index contributed by atoms with van der Waals surface area (Å²) in [6.07, 6.45) is 0. The van der Waals surface area contributed by atoms with Gasteiger partial charge in [-0.05, 0) is 54.1 Å². The monoisotopic (exact) mass is 359 g/mol. The number of aromatic nitrogens is 1. The zero-order valence-corrected chi connectivity index (χ0v) is 13.1. The van der Waals surface area contributed by atoms with Crippen LogP contribution in [0.3, 0.4) is 0 Å². The number of aryl methyl sites for hydroxylation is 2. The molecular weight excluding hydrogens is 345 g/mol. The quantitative estimate of drug-likeness (QED) is 0.550. The van der Waals surface area contributed by atoms with Crippen LogP contribution in [0.25, 0.3) is 22.2 Å². The number of hydrogen-bond acceptors (Lipinski definition) is 1. The van der Waals surface area contributed by atoms with E-state index in [0.717, 1.165) is 11.2 Å². The van der Waals surface area contributed by atoms with Crippen molar-refractivity contribution in [1.29, 1.82) is 0 Å². The Morgan fingerprint density at radius 2 is 1.74 bits per heavy atom. The van der Waals surface area contributed by atoms with Gasteiger partial charge in [0.05, 0.1) is 11.2 Å². The van der Waals surface area contributed by atoms with Crippen molar-refractivity contribution in [2.45, 2.75) is 13.8 Å². The Kier molecular flexibility index (Phi) is 3.27. The summed E-state index contributed by atoms with van der Waals surface area (Å²) in [6, 6.07) is 17.0. The normalized spacial score (nSPS) is 10.9. The van der Waals surface area contributed by atoms with E-state index in [4.69, 9.17) is 4.98 Å². The van der Waals surface area contributed by atoms with Gasteiger partial charge in [0.2, 0.25) is 0 Å². The van der Waals surface area contributed by atoms with Gasteiger partial charge in [0, 0.05) is 14.5 Å². The molecule has 0 saturated heterocycles. The molecule has 0 aliphatic rings. The fraction of sp³-hybridized carbons (Fsp3) is 0.118. The Morgan fingerprint density at radius 3 is 2.53 bits per heavy atom. The first-order valence-corrected chi connectivity index (χ1v) is 7.36. The third-order valence-electron chi connectivity index (χ3n) is 3.32. The maximum Gasteiger partial charge on any atom is 0.0722 e. The van der Waals surface area contributed by atoms with E-state index in [1.807, 2.05) is 6.07 Å². The molecule has 0 saturated carbocycles. The summed E-state index contributed by atoms with van der Waals surface area (Å²) in [5.74, 6) is 0. The van der Waals surface area contributed by atoms with Gasteiger partial charge < -0.3 is 0 Å². The highest BCUT2D eigenvalue weighted by atomic mass is 127. The largest absolute Gasteiger partial charge is 0.248 e. The zero-order valence-electron chi connectivity index (χ0n) is 10.9. The van der Waals surface area contributed by atoms with E-state index >= 15 is 0 Å². The molecule has 2 aromatic carbocycles. The lowest BCUT2D eigenvalue weighted by Crippen LogP contribution is -1.91. The van der Waals surface area contributed by atoms with Crippen LogP contribution in [0.5, 0.6) is 0 Å². The van der Waals surface area contributed by atoms with Crippen LogP contribution in [0.1, 0.15) is 11.1 Å². The smallest absolute Gasteiger partial charge is 0.0722 e. The number of nitrogens with zero attached hydrogens (tertiary/aromatic N) is 1. The Labute approximate surface area is 126 Å². The van der Waals surface area contributed by atoms with Crippen molar-refractivity contribution in [2.24, 2.45) is 0 Å². The Hall–Kier alpha value is -1.42. The number of para-hydroxylation sites is 1. The number of pyridine rings is 1. The topological polar surface area (TPSA) is 12.9 Å². The molecule has 1 nitrogen and oxygen atoms in total. The second-order valence-corrected chi connectivity index (χ2v) is 5.99. The number of fused-ring (bicyclic) bond motifs is 1. The van der Waals surface area contributed by atoms with Crippen molar-refractivity contribution in [1.82, 2.24) is 4.98 Å². The molecule has 1 aromatic heterocycles. The molecule has 19 heavy (non-hydrogen) atoms. The van der Waals surface area contributed by atoms with Gasteiger partial charge in [-0.1, -0.05) is 42.0 Å². The maximum atomic E-state index is 4.79. The lowest BCUT2D eigenvalue weighted by atomic mass is 10.0. The molecule has 0 radical (unpaired) electrons. The molecule has 0 aliphatic carbocycles. The summed E-state index contributed by atoms with van der Waals surface area (Å²) in [5, 5.41) is 1.22. The van der Waals surface area contributed by atoms with E-state index < -0.39 is 0 Å². The second-order valence-electron chi connectivity index (χ2n) is 4.82. The highest BCUT2D eigenvalue weighted by molar-refractivity contribution is 14.1. The lowest BCUT2D eigenvalue weighted by Gasteiger charge is -2.09. The molecule has 3 rings (SSSR count). The Morgan fingerprint density at radius 1 is 0.947 bits per heavy atom. The molecular formula is C17H14IN. The summed E-state index contributed by atoms with van der Waals surface area (Å²) in [6.45, 7) is 4.26. The van der Waals surface area contributed by atoms with Gasteiger partial charge >= 0.3 is 0 Å². The zero-order chi connectivity index (χ0) is 13.4. The summed E-state index contributed by atoms with van der Waals surface area (Å²) >= 11 is 2.39. The second kappa shape index (κ2) is 4.93. The molecule has 0 atom stereocenters. The van der Waals surface area contributed by atoms with Crippen molar-refractivity contribution in [3.8, 4) is 11.3 Å². The molecule has 1 heterocycles. The van der Waals surface area contributed by atoms with E-state index in [1.165, 1.54) is 25.6 Å². The molecule has 0 spiro atoms. The number of hydrogen-bond donors (Lipinski definition) is 0. The molecule has 94 valence electrons. The van der Waals surface area contributed by atoms with Gasteiger partial charge in [0.1, 0.15) is 0 Å². The molecule has 2 heteroatoms. The van der Waals surface area contributed by atoms with Crippen LogP contribution >= 0.6 is 22.6 Å². The number of halogens is 1. The summed E-state index contributed by atoms with van der Waals surface area (Å²) in [4.78, 5) is 4.79. The fourth-order valence-corrected chi connectivity index (χ4v) is 3.12. The van der Waals surface area contributed by atoms with Crippen LogP contribution < -0.4 is 0 Å². The van der Waals surface area contributed by atoms with Gasteiger partial charge in [-0.25, -0.2) is 4.98 Å². The third-order valence-corrected chi connectivity index (χ3v) is 4.22. The van der Waals surface area contributed by atoms with Crippen molar-refractivity contribution in [2.75, 3.05) is 0 Å². The average molecular weight is 359 g/mol. The minimum Gasteiger partial charge on any atom is -0.248 e. The summed E-state index contributed by atoms with van der Waals surface area (Å²) in [5.41, 5.74) is 5.90.